The first kappa shape index (κ1) is 24.8. The second kappa shape index (κ2) is 10.6. The van der Waals surface area contributed by atoms with Crippen molar-refractivity contribution in [1.29, 1.82) is 0 Å². The minimum Gasteiger partial charge on any atom is -0.493 e. The van der Waals surface area contributed by atoms with Crippen molar-refractivity contribution in [3.8, 4) is 22.6 Å². The SMILES string of the molecule is COc1cc2nc(N3CCCN(C(=O)N4CCOCC4)CC3)nc(N)c2c(-c2ccc(F)cc2)c1OC. The molecule has 5 rings (SSSR count). The Morgan fingerprint density at radius 3 is 2.41 bits per heavy atom. The van der Waals surface area contributed by atoms with Crippen LogP contribution in [0.15, 0.2) is 30.3 Å². The van der Waals surface area contributed by atoms with Gasteiger partial charge in [0.15, 0.2) is 11.5 Å². The number of halogens is 1. The highest BCUT2D eigenvalue weighted by atomic mass is 19.1. The number of ether oxygens (including phenoxy) is 3. The predicted molar refractivity (Wildman–Crippen MR) is 139 cm³/mol. The minimum absolute atomic E-state index is 0.0462. The van der Waals surface area contributed by atoms with Crippen molar-refractivity contribution in [3.63, 3.8) is 0 Å². The van der Waals surface area contributed by atoms with Gasteiger partial charge in [-0.05, 0) is 24.1 Å². The van der Waals surface area contributed by atoms with Crippen molar-refractivity contribution in [1.82, 2.24) is 19.8 Å². The van der Waals surface area contributed by atoms with E-state index < -0.39 is 0 Å². The summed E-state index contributed by atoms with van der Waals surface area (Å²) >= 11 is 0. The number of fused-ring (bicyclic) bond motifs is 1. The van der Waals surface area contributed by atoms with Crippen LogP contribution in [0, 0.1) is 5.82 Å². The van der Waals surface area contributed by atoms with Gasteiger partial charge in [0.25, 0.3) is 0 Å². The summed E-state index contributed by atoms with van der Waals surface area (Å²) in [5, 5.41) is 0.604. The van der Waals surface area contributed by atoms with E-state index in [0.29, 0.717) is 92.0 Å². The van der Waals surface area contributed by atoms with Gasteiger partial charge in [-0.15, -0.1) is 0 Å². The third kappa shape index (κ3) is 4.91. The standard InChI is InChI=1S/C26H31FN6O4/c1-35-20-16-19-22(21(23(20)36-2)17-4-6-18(27)7-5-17)24(28)30-25(29-19)31-8-3-9-32(11-10-31)26(34)33-12-14-37-15-13-33/h4-7,16H,3,8-15H2,1-2H3,(H2,28,29,30). The molecule has 0 spiro atoms. The number of nitrogens with two attached hydrogens (primary N) is 1. The van der Waals surface area contributed by atoms with Crippen molar-refractivity contribution in [2.75, 3.05) is 77.3 Å². The molecule has 2 aromatic carbocycles. The van der Waals surface area contributed by atoms with Crippen LogP contribution in [0.5, 0.6) is 11.5 Å². The third-order valence-electron chi connectivity index (χ3n) is 6.81. The molecule has 2 saturated heterocycles. The van der Waals surface area contributed by atoms with E-state index in [1.807, 2.05) is 9.80 Å². The molecule has 2 amide bonds. The Bertz CT molecular complexity index is 1280. The summed E-state index contributed by atoms with van der Waals surface area (Å²) in [6.45, 7) is 4.87. The molecule has 0 radical (unpaired) electrons. The lowest BCUT2D eigenvalue weighted by atomic mass is 9.98. The molecule has 10 nitrogen and oxygen atoms in total. The topological polar surface area (TPSA) is 106 Å². The Morgan fingerprint density at radius 1 is 0.973 bits per heavy atom. The van der Waals surface area contributed by atoms with Gasteiger partial charge in [-0.3, -0.25) is 0 Å². The molecule has 0 aliphatic carbocycles. The third-order valence-corrected chi connectivity index (χ3v) is 6.81. The molecule has 3 heterocycles. The fourth-order valence-electron chi connectivity index (χ4n) is 4.92. The average molecular weight is 511 g/mol. The van der Waals surface area contributed by atoms with Crippen LogP contribution in [0.25, 0.3) is 22.0 Å². The molecule has 0 saturated carbocycles. The Hall–Kier alpha value is -3.86. The van der Waals surface area contributed by atoms with Crippen molar-refractivity contribution in [2.24, 2.45) is 0 Å². The van der Waals surface area contributed by atoms with Crippen LogP contribution in [-0.2, 0) is 4.74 Å². The number of nitrogens with zero attached hydrogens (tertiary/aromatic N) is 5. The van der Waals surface area contributed by atoms with Gasteiger partial charge < -0.3 is 34.6 Å². The molecular formula is C26H31FN6O4. The summed E-state index contributed by atoms with van der Waals surface area (Å²) in [4.78, 5) is 28.3. The van der Waals surface area contributed by atoms with Gasteiger partial charge in [-0.2, -0.15) is 4.98 Å². The van der Waals surface area contributed by atoms with E-state index >= 15 is 0 Å². The normalized spacial score (nSPS) is 16.6. The number of amides is 2. The molecule has 2 fully saturated rings. The molecule has 196 valence electrons. The van der Waals surface area contributed by atoms with E-state index in [2.05, 4.69) is 9.88 Å². The van der Waals surface area contributed by atoms with Gasteiger partial charge in [-0.1, -0.05) is 12.1 Å². The number of hydrogen-bond donors (Lipinski definition) is 1. The van der Waals surface area contributed by atoms with Crippen LogP contribution in [0.2, 0.25) is 0 Å². The van der Waals surface area contributed by atoms with Crippen LogP contribution >= 0.6 is 0 Å². The zero-order chi connectivity index (χ0) is 25.9. The maximum atomic E-state index is 13.7. The number of carbonyl (C=O) groups is 1. The fourth-order valence-corrected chi connectivity index (χ4v) is 4.92. The first-order chi connectivity index (χ1) is 18.0. The number of nitrogen functional groups attached to an aromatic ring is 1. The second-order valence-electron chi connectivity index (χ2n) is 9.01. The first-order valence-electron chi connectivity index (χ1n) is 12.3. The van der Waals surface area contributed by atoms with Crippen LogP contribution in [-0.4, -0.2) is 92.5 Å². The van der Waals surface area contributed by atoms with Crippen molar-refractivity contribution >= 4 is 28.7 Å². The molecule has 1 aromatic heterocycles. The maximum Gasteiger partial charge on any atom is 0.320 e. The summed E-state index contributed by atoms with van der Waals surface area (Å²) in [6.07, 6.45) is 0.782. The monoisotopic (exact) mass is 510 g/mol. The Kier molecular flexibility index (Phi) is 7.13. The highest BCUT2D eigenvalue weighted by Gasteiger charge is 2.27. The number of aromatic nitrogens is 2. The smallest absolute Gasteiger partial charge is 0.320 e. The number of morpholine rings is 1. The Balaban J connectivity index is 1.48. The van der Waals surface area contributed by atoms with E-state index in [-0.39, 0.29) is 17.7 Å². The van der Waals surface area contributed by atoms with E-state index in [4.69, 9.17) is 24.9 Å². The highest BCUT2D eigenvalue weighted by molar-refractivity contribution is 6.05. The highest BCUT2D eigenvalue weighted by Crippen LogP contribution is 2.45. The molecule has 2 aliphatic rings. The summed E-state index contributed by atoms with van der Waals surface area (Å²) < 4.78 is 30.3. The quantitative estimate of drug-likeness (QED) is 0.571. The molecule has 0 unspecified atom stereocenters. The average Bonchev–Trinajstić information content (AvgIpc) is 3.19. The molecule has 11 heteroatoms. The second-order valence-corrected chi connectivity index (χ2v) is 9.01. The van der Waals surface area contributed by atoms with Gasteiger partial charge >= 0.3 is 6.03 Å². The summed E-state index contributed by atoms with van der Waals surface area (Å²) in [7, 11) is 3.10. The van der Waals surface area contributed by atoms with Crippen molar-refractivity contribution in [2.45, 2.75) is 6.42 Å². The lowest BCUT2D eigenvalue weighted by Crippen LogP contribution is -2.49. The Labute approximate surface area is 214 Å². The van der Waals surface area contributed by atoms with Crippen LogP contribution in [0.4, 0.5) is 21.0 Å². The largest absolute Gasteiger partial charge is 0.493 e. The van der Waals surface area contributed by atoms with E-state index in [0.717, 1.165) is 6.42 Å². The minimum atomic E-state index is -0.344. The molecular weight excluding hydrogens is 479 g/mol. The van der Waals surface area contributed by atoms with Gasteiger partial charge in [0.05, 0.1) is 38.3 Å². The molecule has 0 atom stereocenters. The molecule has 2 aliphatic heterocycles. The van der Waals surface area contributed by atoms with E-state index in [1.165, 1.54) is 12.1 Å². The zero-order valence-corrected chi connectivity index (χ0v) is 21.1. The molecule has 0 bridgehead atoms. The number of urea groups is 1. The summed E-state index contributed by atoms with van der Waals surface area (Å²) in [5.74, 6) is 1.38. The molecule has 3 aromatic rings. The molecule has 37 heavy (non-hydrogen) atoms. The number of rotatable bonds is 4. The maximum absolute atomic E-state index is 13.7. The Morgan fingerprint density at radius 2 is 1.70 bits per heavy atom. The predicted octanol–water partition coefficient (Wildman–Crippen LogP) is 3.00. The summed E-state index contributed by atoms with van der Waals surface area (Å²) in [5.41, 5.74) is 8.46. The zero-order valence-electron chi connectivity index (χ0n) is 21.1. The van der Waals surface area contributed by atoms with Crippen molar-refractivity contribution in [3.05, 3.63) is 36.1 Å². The lowest BCUT2D eigenvalue weighted by molar-refractivity contribution is 0.0438. The van der Waals surface area contributed by atoms with Gasteiger partial charge in [-0.25, -0.2) is 14.2 Å². The van der Waals surface area contributed by atoms with E-state index in [9.17, 15) is 9.18 Å². The van der Waals surface area contributed by atoms with E-state index in [1.54, 1.807) is 32.4 Å². The van der Waals surface area contributed by atoms with Crippen LogP contribution in [0.3, 0.4) is 0 Å². The van der Waals surface area contributed by atoms with Crippen LogP contribution < -0.4 is 20.1 Å². The van der Waals surface area contributed by atoms with Crippen LogP contribution in [0.1, 0.15) is 6.42 Å². The van der Waals surface area contributed by atoms with Crippen molar-refractivity contribution < 1.29 is 23.4 Å². The number of carbonyl (C=O) groups excluding carboxylic acids is 1. The van der Waals surface area contributed by atoms with Gasteiger partial charge in [0, 0.05) is 50.9 Å². The number of hydrogen-bond acceptors (Lipinski definition) is 8. The molecule has 2 N–H and O–H groups in total. The number of anilines is 2. The number of methoxy groups -OCH3 is 2. The van der Waals surface area contributed by atoms with Gasteiger partial charge in [0.2, 0.25) is 5.95 Å². The first-order valence-corrected chi connectivity index (χ1v) is 12.3. The summed E-state index contributed by atoms with van der Waals surface area (Å²) in [6, 6.07) is 7.90. The number of benzene rings is 2. The fraction of sp³-hybridized carbons (Fsp3) is 0.423. The lowest BCUT2D eigenvalue weighted by Gasteiger charge is -2.32. The van der Waals surface area contributed by atoms with Gasteiger partial charge in [0.1, 0.15) is 11.6 Å².